The van der Waals surface area contributed by atoms with Crippen LogP contribution in [0.5, 0.6) is 5.75 Å². The molecule has 1 saturated heterocycles. The number of fused-ring (bicyclic) bond motifs is 1. The lowest BCUT2D eigenvalue weighted by atomic mass is 10.1. The fourth-order valence-corrected chi connectivity index (χ4v) is 4.53. The molecule has 1 fully saturated rings. The molecule has 0 bridgehead atoms. The van der Waals surface area contributed by atoms with E-state index in [0.717, 1.165) is 51.4 Å². The average molecular weight is 456 g/mol. The highest BCUT2D eigenvalue weighted by Gasteiger charge is 2.26. The number of rotatable bonds is 5. The Morgan fingerprint density at radius 3 is 2.53 bits per heavy atom. The summed E-state index contributed by atoms with van der Waals surface area (Å²) in [5, 5.41) is 0.961. The number of nitrogen functional groups attached to an aromatic ring is 1. The summed E-state index contributed by atoms with van der Waals surface area (Å²) in [6.07, 6.45) is 0.838. The monoisotopic (exact) mass is 455 g/mol. The zero-order valence-corrected chi connectivity index (χ0v) is 19.5. The van der Waals surface area contributed by atoms with Gasteiger partial charge in [0.15, 0.2) is 5.82 Å². The van der Waals surface area contributed by atoms with Crippen molar-refractivity contribution in [1.29, 1.82) is 0 Å². The van der Waals surface area contributed by atoms with Crippen LogP contribution in [0.1, 0.15) is 23.0 Å². The maximum Gasteiger partial charge on any atom is 0.270 e. The van der Waals surface area contributed by atoms with Gasteiger partial charge in [0.2, 0.25) is 0 Å². The smallest absolute Gasteiger partial charge is 0.270 e. The molecule has 4 aromatic rings. The highest BCUT2D eigenvalue weighted by molar-refractivity contribution is 5.98. The molecule has 34 heavy (non-hydrogen) atoms. The third-order valence-corrected chi connectivity index (χ3v) is 6.50. The number of aromatic nitrogens is 2. The van der Waals surface area contributed by atoms with Gasteiger partial charge in [0.05, 0.1) is 18.5 Å². The number of aromatic amines is 1. The Morgan fingerprint density at radius 1 is 1.06 bits per heavy atom. The molecule has 5 rings (SSSR count). The first-order valence-corrected chi connectivity index (χ1v) is 11.6. The molecule has 1 aliphatic rings. The maximum atomic E-state index is 13.2. The number of methoxy groups -OCH3 is 1. The van der Waals surface area contributed by atoms with Gasteiger partial charge in [-0.1, -0.05) is 37.3 Å². The van der Waals surface area contributed by atoms with E-state index in [1.165, 1.54) is 0 Å². The summed E-state index contributed by atoms with van der Waals surface area (Å²) in [5.74, 6) is 1.58. The van der Waals surface area contributed by atoms with E-state index in [1.807, 2.05) is 47.4 Å². The first kappa shape index (κ1) is 21.8. The summed E-state index contributed by atoms with van der Waals surface area (Å²) >= 11 is 0. The molecule has 3 N–H and O–H groups in total. The van der Waals surface area contributed by atoms with E-state index in [4.69, 9.17) is 15.5 Å². The van der Waals surface area contributed by atoms with Gasteiger partial charge in [0.25, 0.3) is 5.91 Å². The number of carbonyl (C=O) groups is 1. The van der Waals surface area contributed by atoms with Crippen LogP contribution in [0, 0.1) is 0 Å². The Kier molecular flexibility index (Phi) is 5.84. The zero-order chi connectivity index (χ0) is 23.7. The number of nitrogens with two attached hydrogens (primary N) is 1. The van der Waals surface area contributed by atoms with Crippen LogP contribution in [0.2, 0.25) is 0 Å². The summed E-state index contributed by atoms with van der Waals surface area (Å²) in [6.45, 7) is 4.68. The van der Waals surface area contributed by atoms with Gasteiger partial charge in [-0.3, -0.25) is 4.79 Å². The summed E-state index contributed by atoms with van der Waals surface area (Å²) in [6, 6.07) is 19.9. The number of nitrogens with zero attached hydrogens (tertiary/aromatic N) is 3. The van der Waals surface area contributed by atoms with Crippen LogP contribution in [0.15, 0.2) is 60.7 Å². The van der Waals surface area contributed by atoms with Gasteiger partial charge >= 0.3 is 0 Å². The minimum absolute atomic E-state index is 0.00281. The number of hydrogen-bond donors (Lipinski definition) is 2. The minimum Gasteiger partial charge on any atom is -0.497 e. The molecule has 7 nitrogen and oxygen atoms in total. The number of piperazine rings is 1. The average Bonchev–Trinajstić information content (AvgIpc) is 3.32. The van der Waals surface area contributed by atoms with Gasteiger partial charge in [-0.05, 0) is 42.3 Å². The Labute approximate surface area is 199 Å². The van der Waals surface area contributed by atoms with Crippen LogP contribution < -0.4 is 15.4 Å². The van der Waals surface area contributed by atoms with Crippen molar-refractivity contribution >= 4 is 28.3 Å². The van der Waals surface area contributed by atoms with Crippen LogP contribution in [0.25, 0.3) is 22.2 Å². The van der Waals surface area contributed by atoms with E-state index in [1.54, 1.807) is 7.11 Å². The molecule has 7 heteroatoms. The maximum absolute atomic E-state index is 13.2. The summed E-state index contributed by atoms with van der Waals surface area (Å²) in [5.41, 5.74) is 11.9. The number of H-pyrrole nitrogens is 1. The van der Waals surface area contributed by atoms with E-state index in [2.05, 4.69) is 35.0 Å². The third-order valence-electron chi connectivity index (χ3n) is 6.50. The fourth-order valence-electron chi connectivity index (χ4n) is 4.53. The number of nitrogens with one attached hydrogen (secondary N) is 1. The van der Waals surface area contributed by atoms with E-state index in [0.29, 0.717) is 31.9 Å². The number of pyridine rings is 1. The van der Waals surface area contributed by atoms with Crippen LogP contribution in [-0.2, 0) is 6.42 Å². The molecular weight excluding hydrogens is 426 g/mol. The minimum atomic E-state index is 0.00281. The summed E-state index contributed by atoms with van der Waals surface area (Å²) in [7, 11) is 1.64. The number of benzene rings is 2. The molecule has 0 atom stereocenters. The molecule has 0 unspecified atom stereocenters. The number of aryl methyl sites for hydroxylation is 1. The lowest BCUT2D eigenvalue weighted by molar-refractivity contribution is 0.0741. The van der Waals surface area contributed by atoms with Gasteiger partial charge in [0.1, 0.15) is 11.4 Å². The van der Waals surface area contributed by atoms with Gasteiger partial charge in [0, 0.05) is 42.6 Å². The molecule has 0 spiro atoms. The standard InChI is InChI=1S/C27H29N5O2/c1-3-18-16-23(19-7-5-4-6-8-19)30-26(25(18)28)31-11-13-32(14-12-31)27(33)24-17-20-15-21(34-2)9-10-22(20)29-24/h4-10,15-17,29H,3,11-14,28H2,1-2H3. The second kappa shape index (κ2) is 9.09. The second-order valence-corrected chi connectivity index (χ2v) is 8.54. The third kappa shape index (κ3) is 4.05. The van der Waals surface area contributed by atoms with Crippen molar-refractivity contribution in [2.24, 2.45) is 0 Å². The van der Waals surface area contributed by atoms with Gasteiger partial charge in [-0.2, -0.15) is 0 Å². The van der Waals surface area contributed by atoms with Gasteiger partial charge in [-0.15, -0.1) is 0 Å². The van der Waals surface area contributed by atoms with E-state index >= 15 is 0 Å². The molecular formula is C27H29N5O2. The number of ether oxygens (including phenoxy) is 1. The molecule has 2 aromatic carbocycles. The van der Waals surface area contributed by atoms with Crippen molar-refractivity contribution in [3.8, 4) is 17.0 Å². The number of hydrogen-bond acceptors (Lipinski definition) is 5. The van der Waals surface area contributed by atoms with E-state index < -0.39 is 0 Å². The van der Waals surface area contributed by atoms with Crippen molar-refractivity contribution in [3.63, 3.8) is 0 Å². The largest absolute Gasteiger partial charge is 0.497 e. The molecule has 1 amide bonds. The van der Waals surface area contributed by atoms with Crippen LogP contribution in [-0.4, -0.2) is 54.1 Å². The second-order valence-electron chi connectivity index (χ2n) is 8.54. The first-order valence-electron chi connectivity index (χ1n) is 11.6. The normalized spacial score (nSPS) is 13.9. The first-order chi connectivity index (χ1) is 16.6. The Bertz CT molecular complexity index is 1320. The van der Waals surface area contributed by atoms with Crippen LogP contribution in [0.4, 0.5) is 11.5 Å². The van der Waals surface area contributed by atoms with Crippen molar-refractivity contribution in [1.82, 2.24) is 14.9 Å². The lowest BCUT2D eigenvalue weighted by Gasteiger charge is -2.36. The van der Waals surface area contributed by atoms with Crippen molar-refractivity contribution in [3.05, 3.63) is 71.9 Å². The van der Waals surface area contributed by atoms with Crippen LogP contribution >= 0.6 is 0 Å². The molecule has 0 radical (unpaired) electrons. The SMILES string of the molecule is CCc1cc(-c2ccccc2)nc(N2CCN(C(=O)c3cc4cc(OC)ccc4[nH]3)CC2)c1N. The molecule has 1 aliphatic heterocycles. The predicted octanol–water partition coefficient (Wildman–Crippen LogP) is 4.35. The molecule has 3 heterocycles. The lowest BCUT2D eigenvalue weighted by Crippen LogP contribution is -2.49. The van der Waals surface area contributed by atoms with E-state index in [-0.39, 0.29) is 5.91 Å². The highest BCUT2D eigenvalue weighted by atomic mass is 16.5. The Balaban J connectivity index is 1.34. The van der Waals surface area contributed by atoms with Crippen molar-refractivity contribution < 1.29 is 9.53 Å². The zero-order valence-electron chi connectivity index (χ0n) is 19.5. The molecule has 2 aromatic heterocycles. The quantitative estimate of drug-likeness (QED) is 0.467. The fraction of sp³-hybridized carbons (Fsp3) is 0.259. The highest BCUT2D eigenvalue weighted by Crippen LogP contribution is 2.31. The topological polar surface area (TPSA) is 87.5 Å². The molecule has 0 saturated carbocycles. The summed E-state index contributed by atoms with van der Waals surface area (Å²) < 4.78 is 5.29. The number of anilines is 2. The van der Waals surface area contributed by atoms with Gasteiger partial charge in [-0.25, -0.2) is 4.98 Å². The Hall–Kier alpha value is -4.00. The molecule has 174 valence electrons. The van der Waals surface area contributed by atoms with Crippen LogP contribution in [0.3, 0.4) is 0 Å². The molecule has 0 aliphatic carbocycles. The Morgan fingerprint density at radius 2 is 1.82 bits per heavy atom. The van der Waals surface area contributed by atoms with Crippen molar-refractivity contribution in [2.75, 3.05) is 43.9 Å². The van der Waals surface area contributed by atoms with Gasteiger partial charge < -0.3 is 25.3 Å². The number of carbonyl (C=O) groups excluding carboxylic acids is 1. The number of amides is 1. The summed E-state index contributed by atoms with van der Waals surface area (Å²) in [4.78, 5) is 25.4. The van der Waals surface area contributed by atoms with E-state index in [9.17, 15) is 4.79 Å². The van der Waals surface area contributed by atoms with Crippen molar-refractivity contribution in [2.45, 2.75) is 13.3 Å². The predicted molar refractivity (Wildman–Crippen MR) is 136 cm³/mol.